The molecule has 0 saturated carbocycles. The number of ketones is 2. The van der Waals surface area contributed by atoms with Crippen molar-refractivity contribution in [2.75, 3.05) is 19.8 Å². The molecule has 0 saturated heterocycles. The molecule has 8 heteroatoms. The minimum Gasteiger partial charge on any atom is -0.396 e. The van der Waals surface area contributed by atoms with E-state index in [1.807, 2.05) is 6.21 Å². The molecule has 1 aliphatic heterocycles. The van der Waals surface area contributed by atoms with Crippen molar-refractivity contribution in [3.63, 3.8) is 0 Å². The van der Waals surface area contributed by atoms with Crippen molar-refractivity contribution in [2.24, 2.45) is 10.4 Å². The number of carbonyl (C=O) groups excluding carboxylic acids is 3. The van der Waals surface area contributed by atoms with Crippen molar-refractivity contribution < 1.29 is 29.7 Å². The van der Waals surface area contributed by atoms with Gasteiger partial charge in [-0.1, -0.05) is 13.8 Å². The number of aliphatic hydroxyl groups is 3. The molecule has 0 radical (unpaired) electrons. The van der Waals surface area contributed by atoms with Crippen LogP contribution in [0.5, 0.6) is 0 Å². The number of carbonyl (C=O) groups is 3. The van der Waals surface area contributed by atoms with Gasteiger partial charge >= 0.3 is 0 Å². The van der Waals surface area contributed by atoms with Crippen molar-refractivity contribution in [2.45, 2.75) is 58.6 Å². The third kappa shape index (κ3) is 12.1. The summed E-state index contributed by atoms with van der Waals surface area (Å²) in [4.78, 5) is 36.1. The van der Waals surface area contributed by atoms with Crippen LogP contribution >= 0.6 is 0 Å². The van der Waals surface area contributed by atoms with Gasteiger partial charge in [0.05, 0.1) is 12.1 Å². The lowest BCUT2D eigenvalue weighted by Crippen LogP contribution is -2.45. The lowest BCUT2D eigenvalue weighted by molar-refractivity contribution is -0.137. The summed E-state index contributed by atoms with van der Waals surface area (Å²) in [6, 6.07) is 0. The number of hydrogen-bond donors (Lipinski definition) is 4. The molecule has 1 atom stereocenters. The molecule has 0 aromatic carbocycles. The highest BCUT2D eigenvalue weighted by Crippen LogP contribution is 2.20. The van der Waals surface area contributed by atoms with Gasteiger partial charge in [-0.2, -0.15) is 0 Å². The molecule has 2 rings (SSSR count). The molecule has 0 spiro atoms. The Bertz CT molecular complexity index is 597. The van der Waals surface area contributed by atoms with Crippen LogP contribution in [-0.2, 0) is 14.4 Å². The van der Waals surface area contributed by atoms with Gasteiger partial charge in [0.25, 0.3) is 0 Å². The molecule has 0 bridgehead atoms. The maximum atomic E-state index is 11.3. The number of rotatable bonds is 6. The first-order valence-electron chi connectivity index (χ1n) is 9.60. The molecule has 1 aliphatic carbocycles. The number of aliphatic hydroxyl groups excluding tert-OH is 3. The van der Waals surface area contributed by atoms with Crippen molar-refractivity contribution in [3.8, 4) is 0 Å². The van der Waals surface area contributed by atoms with Crippen molar-refractivity contribution >= 4 is 23.7 Å². The van der Waals surface area contributed by atoms with Crippen LogP contribution < -0.4 is 5.32 Å². The van der Waals surface area contributed by atoms with E-state index in [0.29, 0.717) is 13.0 Å². The highest BCUT2D eigenvalue weighted by Gasteiger charge is 2.32. The lowest BCUT2D eigenvalue weighted by atomic mass is 9.87. The molecule has 29 heavy (non-hydrogen) atoms. The maximum Gasteiger partial charge on any atom is 0.249 e. The second kappa shape index (κ2) is 13.1. The van der Waals surface area contributed by atoms with E-state index in [0.717, 1.165) is 0 Å². The van der Waals surface area contributed by atoms with Gasteiger partial charge in [0, 0.05) is 18.6 Å². The van der Waals surface area contributed by atoms with Crippen LogP contribution in [0.15, 0.2) is 29.3 Å². The molecule has 1 unspecified atom stereocenters. The van der Waals surface area contributed by atoms with Crippen LogP contribution in [0.3, 0.4) is 0 Å². The molecule has 1 amide bonds. The minimum absolute atomic E-state index is 0.000230. The van der Waals surface area contributed by atoms with Crippen molar-refractivity contribution in [1.29, 1.82) is 0 Å². The molecule has 0 aromatic rings. The van der Waals surface area contributed by atoms with Gasteiger partial charge in [0.1, 0.15) is 6.10 Å². The van der Waals surface area contributed by atoms with Gasteiger partial charge in [-0.3, -0.25) is 19.4 Å². The fraction of sp³-hybridized carbons (Fsp3) is 0.619. The van der Waals surface area contributed by atoms with E-state index >= 15 is 0 Å². The van der Waals surface area contributed by atoms with E-state index in [-0.39, 0.29) is 30.3 Å². The van der Waals surface area contributed by atoms with Crippen LogP contribution in [0, 0.1) is 5.41 Å². The average Bonchev–Trinajstić information content (AvgIpc) is 3.08. The summed E-state index contributed by atoms with van der Waals surface area (Å²) in [5.74, 6) is -0.758. The van der Waals surface area contributed by atoms with Crippen LogP contribution in [0.1, 0.15) is 47.0 Å². The van der Waals surface area contributed by atoms with Crippen LogP contribution in [-0.4, -0.2) is 70.4 Å². The van der Waals surface area contributed by atoms with Crippen LogP contribution in [0.2, 0.25) is 0 Å². The first kappa shape index (κ1) is 26.8. The zero-order valence-corrected chi connectivity index (χ0v) is 17.7. The van der Waals surface area contributed by atoms with E-state index in [1.54, 1.807) is 13.8 Å². The molecule has 0 aromatic heterocycles. The summed E-state index contributed by atoms with van der Waals surface area (Å²) in [6.45, 7) is 7.59. The standard InChI is InChI=1S/C9H19NO4.C6H11N.C6H4O2/c1-9(2,6-12)7(13)8(14)10-4-3-5-11;1-6(2)4-3-5-7-6;7-5-1-2-6(8)4-3-5/h7,11-13H,3-6H2,1-2H3,(H,10,14);5H,3-4H2,1-2H3;1-4H. The smallest absolute Gasteiger partial charge is 0.249 e. The summed E-state index contributed by atoms with van der Waals surface area (Å²) < 4.78 is 0. The number of aliphatic imine (C=N–C) groups is 1. The molecular formula is C21H34N2O6. The van der Waals surface area contributed by atoms with Gasteiger partial charge in [0.15, 0.2) is 11.6 Å². The number of allylic oxidation sites excluding steroid dienone is 4. The predicted molar refractivity (Wildman–Crippen MR) is 112 cm³/mol. The zero-order valence-electron chi connectivity index (χ0n) is 17.7. The molecule has 0 fully saturated rings. The van der Waals surface area contributed by atoms with E-state index in [4.69, 9.17) is 10.2 Å². The maximum absolute atomic E-state index is 11.3. The number of amides is 1. The number of nitrogens with zero attached hydrogens (tertiary/aromatic N) is 1. The lowest BCUT2D eigenvalue weighted by Gasteiger charge is -2.27. The Balaban J connectivity index is 0.000000438. The molecule has 8 nitrogen and oxygen atoms in total. The molecule has 4 N–H and O–H groups in total. The summed E-state index contributed by atoms with van der Waals surface area (Å²) in [7, 11) is 0. The topological polar surface area (TPSA) is 136 Å². The Morgan fingerprint density at radius 3 is 2.00 bits per heavy atom. The van der Waals surface area contributed by atoms with Crippen LogP contribution in [0.25, 0.3) is 0 Å². The van der Waals surface area contributed by atoms with Gasteiger partial charge in [-0.15, -0.1) is 0 Å². The predicted octanol–water partition coefficient (Wildman–Crippen LogP) is 0.745. The molecule has 2 aliphatic rings. The fourth-order valence-corrected chi connectivity index (χ4v) is 2.06. The van der Waals surface area contributed by atoms with Crippen molar-refractivity contribution in [1.82, 2.24) is 5.32 Å². The third-order valence-electron chi connectivity index (χ3n) is 4.18. The summed E-state index contributed by atoms with van der Waals surface area (Å²) in [5, 5.41) is 29.3. The monoisotopic (exact) mass is 410 g/mol. The number of hydrogen-bond acceptors (Lipinski definition) is 7. The normalized spacial score (nSPS) is 17.8. The first-order valence-corrected chi connectivity index (χ1v) is 9.60. The van der Waals surface area contributed by atoms with Crippen molar-refractivity contribution in [3.05, 3.63) is 24.3 Å². The Labute approximate surface area is 172 Å². The van der Waals surface area contributed by atoms with E-state index in [9.17, 15) is 19.5 Å². The molecular weight excluding hydrogens is 376 g/mol. The van der Waals surface area contributed by atoms with Gasteiger partial charge in [-0.25, -0.2) is 0 Å². The van der Waals surface area contributed by atoms with E-state index < -0.39 is 17.4 Å². The molecule has 1 heterocycles. The van der Waals surface area contributed by atoms with E-state index in [1.165, 1.54) is 37.1 Å². The second-order valence-electron chi connectivity index (χ2n) is 8.05. The Kier molecular flexibility index (Phi) is 12.2. The zero-order chi connectivity index (χ0) is 22.5. The quantitative estimate of drug-likeness (QED) is 0.377. The Hall–Kier alpha value is -2.16. The summed E-state index contributed by atoms with van der Waals surface area (Å²) >= 11 is 0. The minimum atomic E-state index is -1.23. The van der Waals surface area contributed by atoms with Gasteiger partial charge in [0.2, 0.25) is 5.91 Å². The van der Waals surface area contributed by atoms with E-state index in [2.05, 4.69) is 24.2 Å². The SMILES string of the molecule is CC(C)(CO)C(O)C(=O)NCCCO.CC1(C)CCC=N1.O=C1C=CC(=O)C=C1. The van der Waals surface area contributed by atoms with Gasteiger partial charge in [-0.05, 0) is 63.6 Å². The largest absolute Gasteiger partial charge is 0.396 e. The first-order chi connectivity index (χ1) is 13.4. The number of nitrogens with one attached hydrogen (secondary N) is 1. The highest BCUT2D eigenvalue weighted by atomic mass is 16.3. The van der Waals surface area contributed by atoms with Crippen LogP contribution in [0.4, 0.5) is 0 Å². The molecule has 164 valence electrons. The summed E-state index contributed by atoms with van der Waals surface area (Å²) in [5.41, 5.74) is -0.580. The Morgan fingerprint density at radius 2 is 1.69 bits per heavy atom. The highest BCUT2D eigenvalue weighted by molar-refractivity contribution is 6.14. The third-order valence-corrected chi connectivity index (χ3v) is 4.18. The average molecular weight is 411 g/mol. The summed E-state index contributed by atoms with van der Waals surface area (Å²) in [6.07, 6.45) is 8.65. The second-order valence-corrected chi connectivity index (χ2v) is 8.05. The Morgan fingerprint density at radius 1 is 1.17 bits per heavy atom. The fourth-order valence-electron chi connectivity index (χ4n) is 2.06. The van der Waals surface area contributed by atoms with Gasteiger partial charge < -0.3 is 20.6 Å².